The van der Waals surface area contributed by atoms with Crippen LogP contribution in [0.25, 0.3) is 11.3 Å². The molecule has 32 heavy (non-hydrogen) atoms. The number of nitrogens with one attached hydrogen (secondary N) is 2. The zero-order valence-electron chi connectivity index (χ0n) is 19.6. The van der Waals surface area contributed by atoms with E-state index in [0.29, 0.717) is 28.5 Å². The number of hydrogen-bond donors (Lipinski definition) is 2. The fraction of sp³-hybridized carbons (Fsp3) is 0.591. The van der Waals surface area contributed by atoms with E-state index in [4.69, 9.17) is 9.47 Å². The van der Waals surface area contributed by atoms with Crippen molar-refractivity contribution >= 4 is 18.0 Å². The Morgan fingerprint density at radius 3 is 2.44 bits per heavy atom. The molecule has 0 bridgehead atoms. The molecule has 174 valence electrons. The number of carbonyl (C=O) groups excluding carboxylic acids is 2. The number of amides is 1. The van der Waals surface area contributed by atoms with E-state index in [1.165, 1.54) is 7.11 Å². The summed E-state index contributed by atoms with van der Waals surface area (Å²) >= 11 is 0. The molecule has 1 amide bonds. The standard InChI is InChI=1S/C22H32N6O4/c1-13-17(19(29)31-6)18(14-11-23-28(5)12-14)27-20(24-13)25-15-9-7-8-10-16(15)26-21(30)32-22(2,3)4/h11-12,15-16H,7-10H2,1-6H3,(H,26,30)(H,24,25,27)/t15-,16+/m1/s1. The Hall–Kier alpha value is -3.17. The largest absolute Gasteiger partial charge is 0.465 e. The second kappa shape index (κ2) is 9.54. The van der Waals surface area contributed by atoms with Gasteiger partial charge in [0.25, 0.3) is 0 Å². The molecule has 0 unspecified atom stereocenters. The van der Waals surface area contributed by atoms with Crippen molar-refractivity contribution in [1.82, 2.24) is 25.1 Å². The minimum Gasteiger partial charge on any atom is -0.465 e. The molecule has 3 rings (SSSR count). The van der Waals surface area contributed by atoms with Crippen LogP contribution in [0.2, 0.25) is 0 Å². The van der Waals surface area contributed by atoms with Crippen molar-refractivity contribution in [3.63, 3.8) is 0 Å². The van der Waals surface area contributed by atoms with E-state index in [-0.39, 0.29) is 12.1 Å². The summed E-state index contributed by atoms with van der Waals surface area (Å²) in [5, 5.41) is 10.5. The Morgan fingerprint density at radius 1 is 1.16 bits per heavy atom. The SMILES string of the molecule is COC(=O)c1c(C)nc(N[C@@H]2CCCC[C@@H]2NC(=O)OC(C)(C)C)nc1-c1cnn(C)c1. The Labute approximate surface area is 188 Å². The monoisotopic (exact) mass is 444 g/mol. The molecule has 0 spiro atoms. The van der Waals surface area contributed by atoms with Gasteiger partial charge in [0.15, 0.2) is 0 Å². The topological polar surface area (TPSA) is 120 Å². The number of rotatable bonds is 5. The Bertz CT molecular complexity index is 981. The van der Waals surface area contributed by atoms with E-state index in [2.05, 4.69) is 25.7 Å². The lowest BCUT2D eigenvalue weighted by atomic mass is 9.90. The van der Waals surface area contributed by atoms with Gasteiger partial charge in [-0.25, -0.2) is 19.6 Å². The summed E-state index contributed by atoms with van der Waals surface area (Å²) in [5.41, 5.74) is 1.38. The normalized spacial score (nSPS) is 18.7. The number of anilines is 1. The molecule has 2 aromatic heterocycles. The number of esters is 1. The van der Waals surface area contributed by atoms with E-state index in [9.17, 15) is 9.59 Å². The van der Waals surface area contributed by atoms with Crippen LogP contribution < -0.4 is 10.6 Å². The summed E-state index contributed by atoms with van der Waals surface area (Å²) in [6, 6.07) is -0.189. The molecule has 2 N–H and O–H groups in total. The maximum Gasteiger partial charge on any atom is 0.407 e. The summed E-state index contributed by atoms with van der Waals surface area (Å²) in [5.74, 6) is -0.119. The average molecular weight is 445 g/mol. The summed E-state index contributed by atoms with van der Waals surface area (Å²) in [7, 11) is 3.12. The number of ether oxygens (including phenoxy) is 2. The first kappa shape index (κ1) is 23.5. The summed E-state index contributed by atoms with van der Waals surface area (Å²) < 4.78 is 12.0. The van der Waals surface area contributed by atoms with Gasteiger partial charge in [0, 0.05) is 24.8 Å². The van der Waals surface area contributed by atoms with Gasteiger partial charge in [-0.05, 0) is 40.5 Å². The van der Waals surface area contributed by atoms with Gasteiger partial charge in [-0.3, -0.25) is 4.68 Å². The van der Waals surface area contributed by atoms with Gasteiger partial charge >= 0.3 is 12.1 Å². The second-order valence-electron chi connectivity index (χ2n) is 9.04. The first-order valence-corrected chi connectivity index (χ1v) is 10.8. The van der Waals surface area contributed by atoms with Gasteiger partial charge in [-0.2, -0.15) is 5.10 Å². The number of alkyl carbamates (subject to hydrolysis) is 1. The number of nitrogens with zero attached hydrogens (tertiary/aromatic N) is 4. The van der Waals surface area contributed by atoms with Crippen LogP contribution in [-0.2, 0) is 16.5 Å². The molecule has 10 heteroatoms. The first-order chi connectivity index (χ1) is 15.1. The fourth-order valence-corrected chi connectivity index (χ4v) is 3.84. The fourth-order valence-electron chi connectivity index (χ4n) is 3.84. The van der Waals surface area contributed by atoms with Crippen molar-refractivity contribution < 1.29 is 19.1 Å². The molecule has 10 nitrogen and oxygen atoms in total. The number of methoxy groups -OCH3 is 1. The van der Waals surface area contributed by atoms with Crippen molar-refractivity contribution in [2.45, 2.75) is 71.1 Å². The first-order valence-electron chi connectivity index (χ1n) is 10.8. The van der Waals surface area contributed by atoms with Crippen LogP contribution in [0.1, 0.15) is 62.5 Å². The predicted molar refractivity (Wildman–Crippen MR) is 119 cm³/mol. The number of aryl methyl sites for hydroxylation is 2. The predicted octanol–water partition coefficient (Wildman–Crippen LogP) is 3.22. The van der Waals surface area contributed by atoms with Gasteiger partial charge < -0.3 is 20.1 Å². The van der Waals surface area contributed by atoms with Crippen molar-refractivity contribution in [3.05, 3.63) is 23.7 Å². The molecular formula is C22H32N6O4. The summed E-state index contributed by atoms with van der Waals surface area (Å²) in [6.45, 7) is 7.25. The van der Waals surface area contributed by atoms with Crippen molar-refractivity contribution in [2.75, 3.05) is 12.4 Å². The molecule has 0 aliphatic heterocycles. The quantitative estimate of drug-likeness (QED) is 0.675. The number of carbonyl (C=O) groups is 2. The van der Waals surface area contributed by atoms with Crippen LogP contribution in [0, 0.1) is 6.92 Å². The maximum absolute atomic E-state index is 12.4. The molecule has 2 aromatic rings. The number of hydrogen-bond acceptors (Lipinski definition) is 8. The lowest BCUT2D eigenvalue weighted by Crippen LogP contribution is -2.50. The van der Waals surface area contributed by atoms with Gasteiger partial charge in [0.05, 0.1) is 30.7 Å². The average Bonchev–Trinajstić information content (AvgIpc) is 3.13. The van der Waals surface area contributed by atoms with Crippen LogP contribution >= 0.6 is 0 Å². The maximum atomic E-state index is 12.4. The Morgan fingerprint density at radius 2 is 1.84 bits per heavy atom. The van der Waals surface area contributed by atoms with E-state index >= 15 is 0 Å². The lowest BCUT2D eigenvalue weighted by Gasteiger charge is -2.33. The van der Waals surface area contributed by atoms with Crippen LogP contribution in [0.3, 0.4) is 0 Å². The second-order valence-corrected chi connectivity index (χ2v) is 9.04. The Kier molecular flexibility index (Phi) is 7.00. The van der Waals surface area contributed by atoms with Crippen LogP contribution in [-0.4, -0.2) is 56.6 Å². The summed E-state index contributed by atoms with van der Waals surface area (Å²) in [6.07, 6.45) is 6.71. The molecule has 1 fully saturated rings. The van der Waals surface area contributed by atoms with E-state index in [1.807, 2.05) is 20.8 Å². The van der Waals surface area contributed by atoms with Crippen LogP contribution in [0.5, 0.6) is 0 Å². The highest BCUT2D eigenvalue weighted by Crippen LogP contribution is 2.27. The van der Waals surface area contributed by atoms with Gasteiger partial charge in [-0.1, -0.05) is 12.8 Å². The Balaban J connectivity index is 1.87. The molecule has 2 heterocycles. The molecule has 0 radical (unpaired) electrons. The minimum absolute atomic E-state index is 0.0682. The van der Waals surface area contributed by atoms with Gasteiger partial charge in [-0.15, -0.1) is 0 Å². The van der Waals surface area contributed by atoms with Crippen molar-refractivity contribution in [2.24, 2.45) is 7.05 Å². The van der Waals surface area contributed by atoms with Crippen molar-refractivity contribution in [1.29, 1.82) is 0 Å². The third-order valence-corrected chi connectivity index (χ3v) is 5.24. The third kappa shape index (κ3) is 5.74. The van der Waals surface area contributed by atoms with E-state index < -0.39 is 17.7 Å². The molecule has 0 aromatic carbocycles. The zero-order valence-corrected chi connectivity index (χ0v) is 19.6. The lowest BCUT2D eigenvalue weighted by molar-refractivity contribution is 0.0487. The molecule has 2 atom stereocenters. The molecule has 1 saturated carbocycles. The highest BCUT2D eigenvalue weighted by molar-refractivity contribution is 5.97. The van der Waals surface area contributed by atoms with E-state index in [0.717, 1.165) is 25.7 Å². The third-order valence-electron chi connectivity index (χ3n) is 5.24. The van der Waals surface area contributed by atoms with Gasteiger partial charge in [0.2, 0.25) is 5.95 Å². The zero-order chi connectivity index (χ0) is 23.5. The molecule has 1 aliphatic carbocycles. The molecule has 0 saturated heterocycles. The summed E-state index contributed by atoms with van der Waals surface area (Å²) in [4.78, 5) is 33.9. The molecule has 1 aliphatic rings. The van der Waals surface area contributed by atoms with Crippen LogP contribution in [0.15, 0.2) is 12.4 Å². The minimum atomic E-state index is -0.565. The highest BCUT2D eigenvalue weighted by Gasteiger charge is 2.30. The highest BCUT2D eigenvalue weighted by atomic mass is 16.6. The smallest absolute Gasteiger partial charge is 0.407 e. The van der Waals surface area contributed by atoms with Gasteiger partial charge in [0.1, 0.15) is 11.2 Å². The van der Waals surface area contributed by atoms with Crippen LogP contribution in [0.4, 0.5) is 10.7 Å². The van der Waals surface area contributed by atoms with Crippen molar-refractivity contribution in [3.8, 4) is 11.3 Å². The molecular weight excluding hydrogens is 412 g/mol. The van der Waals surface area contributed by atoms with E-state index in [1.54, 1.807) is 31.0 Å². The number of aromatic nitrogens is 4.